The van der Waals surface area contributed by atoms with Crippen LogP contribution >= 0.6 is 11.3 Å². The van der Waals surface area contributed by atoms with Crippen LogP contribution in [0.5, 0.6) is 0 Å². The lowest BCUT2D eigenvalue weighted by Crippen LogP contribution is -2.49. The molecule has 2 aliphatic rings. The molecular formula is C28H38N2O2S. The summed E-state index contributed by atoms with van der Waals surface area (Å²) in [6, 6.07) is 10.9. The van der Waals surface area contributed by atoms with Crippen LogP contribution in [0, 0.1) is 5.92 Å². The number of benzene rings is 1. The molecule has 1 saturated carbocycles. The van der Waals surface area contributed by atoms with Crippen molar-refractivity contribution < 1.29 is 9.59 Å². The van der Waals surface area contributed by atoms with Crippen LogP contribution in [-0.2, 0) is 21.4 Å². The van der Waals surface area contributed by atoms with Gasteiger partial charge < -0.3 is 9.80 Å². The average molecular weight is 467 g/mol. The molecule has 0 saturated heterocycles. The van der Waals surface area contributed by atoms with E-state index >= 15 is 0 Å². The standard InChI is InChI=1S/C28H38N2O2S/c1-19(2)30(27(32)21-8-6-7-9-21)18-25(31)29-16-14-24-23(15-17-33-24)26(29)20-10-12-22(13-11-20)28(3,4)5/h10-13,15,17,19,21,26H,6-9,14,16,18H2,1-5H3. The zero-order valence-corrected chi connectivity index (χ0v) is 21.6. The number of thiophene rings is 1. The molecule has 1 unspecified atom stereocenters. The van der Waals surface area contributed by atoms with Gasteiger partial charge in [0.25, 0.3) is 0 Å². The lowest BCUT2D eigenvalue weighted by Gasteiger charge is -2.38. The first kappa shape index (κ1) is 24.0. The molecule has 2 aromatic rings. The van der Waals surface area contributed by atoms with Crippen molar-refractivity contribution in [2.45, 2.75) is 84.2 Å². The third-order valence-electron chi connectivity index (χ3n) is 7.30. The SMILES string of the molecule is CC(C)N(CC(=O)N1CCc2sccc2C1c1ccc(C(C)(C)C)cc1)C(=O)C1CCCC1. The molecule has 0 N–H and O–H groups in total. The summed E-state index contributed by atoms with van der Waals surface area (Å²) in [7, 11) is 0. The topological polar surface area (TPSA) is 40.6 Å². The number of hydrogen-bond acceptors (Lipinski definition) is 3. The molecule has 1 atom stereocenters. The van der Waals surface area contributed by atoms with Gasteiger partial charge in [0, 0.05) is 23.4 Å². The van der Waals surface area contributed by atoms with Gasteiger partial charge in [-0.3, -0.25) is 9.59 Å². The molecule has 0 radical (unpaired) electrons. The average Bonchev–Trinajstić information content (AvgIpc) is 3.47. The van der Waals surface area contributed by atoms with Crippen molar-refractivity contribution in [3.05, 3.63) is 57.3 Å². The van der Waals surface area contributed by atoms with Crippen molar-refractivity contribution in [3.63, 3.8) is 0 Å². The maximum atomic E-state index is 13.7. The zero-order valence-electron chi connectivity index (χ0n) is 20.8. The smallest absolute Gasteiger partial charge is 0.243 e. The van der Waals surface area contributed by atoms with Crippen LogP contribution in [0.4, 0.5) is 0 Å². The van der Waals surface area contributed by atoms with E-state index < -0.39 is 0 Å². The first-order chi connectivity index (χ1) is 15.7. The van der Waals surface area contributed by atoms with E-state index in [0.717, 1.165) is 37.7 Å². The minimum atomic E-state index is -0.0860. The molecule has 1 aliphatic carbocycles. The number of amides is 2. The largest absolute Gasteiger partial charge is 0.331 e. The number of carbonyl (C=O) groups excluding carboxylic acids is 2. The molecule has 178 valence electrons. The summed E-state index contributed by atoms with van der Waals surface area (Å²) in [5.74, 6) is 0.303. The molecule has 1 aromatic carbocycles. The number of nitrogens with zero attached hydrogens (tertiary/aromatic N) is 2. The molecule has 0 spiro atoms. The van der Waals surface area contributed by atoms with Gasteiger partial charge in [0.05, 0.1) is 6.04 Å². The van der Waals surface area contributed by atoms with Gasteiger partial charge in [-0.15, -0.1) is 11.3 Å². The molecule has 0 bridgehead atoms. The first-order valence-corrected chi connectivity index (χ1v) is 13.3. The molecule has 5 heteroatoms. The molecule has 4 rings (SSSR count). The minimum Gasteiger partial charge on any atom is -0.331 e. The van der Waals surface area contributed by atoms with Gasteiger partial charge in [-0.25, -0.2) is 0 Å². The normalized spacial score (nSPS) is 19.1. The summed E-state index contributed by atoms with van der Waals surface area (Å²) in [6.07, 6.45) is 5.04. The fourth-order valence-electron chi connectivity index (χ4n) is 5.27. The van der Waals surface area contributed by atoms with Gasteiger partial charge in [0.2, 0.25) is 11.8 Å². The molecule has 2 amide bonds. The molecule has 1 aliphatic heterocycles. The molecular weight excluding hydrogens is 428 g/mol. The highest BCUT2D eigenvalue weighted by molar-refractivity contribution is 7.10. The molecule has 33 heavy (non-hydrogen) atoms. The van der Waals surface area contributed by atoms with Crippen LogP contribution in [0.3, 0.4) is 0 Å². The van der Waals surface area contributed by atoms with Crippen molar-refractivity contribution in [3.8, 4) is 0 Å². The van der Waals surface area contributed by atoms with Crippen molar-refractivity contribution >= 4 is 23.2 Å². The van der Waals surface area contributed by atoms with Gasteiger partial charge in [0.1, 0.15) is 6.54 Å². The van der Waals surface area contributed by atoms with Crippen molar-refractivity contribution in [1.82, 2.24) is 9.80 Å². The fourth-order valence-corrected chi connectivity index (χ4v) is 6.17. The maximum absolute atomic E-state index is 13.7. The van der Waals surface area contributed by atoms with Crippen LogP contribution in [0.2, 0.25) is 0 Å². The molecule has 1 aromatic heterocycles. The second kappa shape index (κ2) is 9.61. The third kappa shape index (κ3) is 5.03. The highest BCUT2D eigenvalue weighted by Gasteiger charge is 2.36. The van der Waals surface area contributed by atoms with Crippen LogP contribution < -0.4 is 0 Å². The van der Waals surface area contributed by atoms with Gasteiger partial charge in [-0.05, 0) is 66.7 Å². The summed E-state index contributed by atoms with van der Waals surface area (Å²) >= 11 is 1.78. The van der Waals surface area contributed by atoms with Crippen LogP contribution in [-0.4, -0.2) is 40.7 Å². The third-order valence-corrected chi connectivity index (χ3v) is 8.29. The molecule has 2 heterocycles. The van der Waals surface area contributed by atoms with Gasteiger partial charge in [-0.1, -0.05) is 57.9 Å². The predicted octanol–water partition coefficient (Wildman–Crippen LogP) is 5.95. The highest BCUT2D eigenvalue weighted by atomic mass is 32.1. The summed E-state index contributed by atoms with van der Waals surface area (Å²) in [5.41, 5.74) is 3.76. The maximum Gasteiger partial charge on any atom is 0.243 e. The molecule has 1 fully saturated rings. The highest BCUT2D eigenvalue weighted by Crippen LogP contribution is 2.38. The first-order valence-electron chi connectivity index (χ1n) is 12.4. The van der Waals surface area contributed by atoms with E-state index in [1.807, 2.05) is 23.6 Å². The Kier molecular flexibility index (Phi) is 6.99. The van der Waals surface area contributed by atoms with E-state index in [4.69, 9.17) is 0 Å². The van der Waals surface area contributed by atoms with Crippen molar-refractivity contribution in [2.24, 2.45) is 5.92 Å². The number of hydrogen-bond donors (Lipinski definition) is 0. The quantitative estimate of drug-likeness (QED) is 0.547. The summed E-state index contributed by atoms with van der Waals surface area (Å²) in [5, 5.41) is 2.14. The summed E-state index contributed by atoms with van der Waals surface area (Å²) < 4.78 is 0. The summed E-state index contributed by atoms with van der Waals surface area (Å²) in [6.45, 7) is 11.6. The Bertz CT molecular complexity index is 980. The number of rotatable bonds is 5. The van der Waals surface area contributed by atoms with E-state index in [0.29, 0.717) is 6.54 Å². The van der Waals surface area contributed by atoms with Gasteiger partial charge in [0.15, 0.2) is 0 Å². The van der Waals surface area contributed by atoms with Crippen LogP contribution in [0.1, 0.15) is 87.9 Å². The minimum absolute atomic E-state index is 0.0214. The number of fused-ring (bicyclic) bond motifs is 1. The molecule has 4 nitrogen and oxygen atoms in total. The van der Waals surface area contributed by atoms with Gasteiger partial charge in [-0.2, -0.15) is 0 Å². The second-order valence-electron chi connectivity index (χ2n) is 11.0. The van der Waals surface area contributed by atoms with E-state index in [-0.39, 0.29) is 41.8 Å². The Morgan fingerprint density at radius 2 is 1.76 bits per heavy atom. The van der Waals surface area contributed by atoms with Crippen LogP contribution in [0.25, 0.3) is 0 Å². The van der Waals surface area contributed by atoms with E-state index in [1.54, 1.807) is 11.3 Å². The van der Waals surface area contributed by atoms with E-state index in [2.05, 4.69) is 56.5 Å². The lowest BCUT2D eigenvalue weighted by atomic mass is 9.85. The predicted molar refractivity (Wildman–Crippen MR) is 136 cm³/mol. The van der Waals surface area contributed by atoms with Gasteiger partial charge >= 0.3 is 0 Å². The van der Waals surface area contributed by atoms with Crippen molar-refractivity contribution in [1.29, 1.82) is 0 Å². The fraction of sp³-hybridized carbons (Fsp3) is 0.571. The Balaban J connectivity index is 1.60. The van der Waals surface area contributed by atoms with Crippen LogP contribution in [0.15, 0.2) is 35.7 Å². The summed E-state index contributed by atoms with van der Waals surface area (Å²) in [4.78, 5) is 32.1. The van der Waals surface area contributed by atoms with Crippen molar-refractivity contribution in [2.75, 3.05) is 13.1 Å². The van der Waals surface area contributed by atoms with E-state index in [9.17, 15) is 9.59 Å². The monoisotopic (exact) mass is 466 g/mol. The Hall–Kier alpha value is -2.14. The lowest BCUT2D eigenvalue weighted by molar-refractivity contribution is -0.145. The Morgan fingerprint density at radius 3 is 2.36 bits per heavy atom. The zero-order chi connectivity index (χ0) is 23.8. The van der Waals surface area contributed by atoms with E-state index in [1.165, 1.54) is 16.0 Å². The second-order valence-corrected chi connectivity index (χ2v) is 12.0. The Labute approximate surface area is 203 Å². The number of carbonyl (C=O) groups is 2. The Morgan fingerprint density at radius 1 is 1.09 bits per heavy atom.